The number of amides is 10. The molecule has 22 nitrogen and oxygen atoms in total. The van der Waals surface area contributed by atoms with Crippen LogP contribution in [0.2, 0.25) is 0 Å². The number of nitrogens with one attached hydrogen (secondary N) is 5. The second-order valence-corrected chi connectivity index (χ2v) is 19.7. The SMILES string of the molecule is C[C@H](NC(=O)[C@H](C)N(C)C(=O)Cc1ccncc1)C(=O)N[C@@H](CC(N)=O)C(=O)N[C@@H](CCN(C(=O)CO)[C@@H](c1cc(-c2cc(F)ccc2F)cn1Cc1ccccc1)C(C)(C)C)C(=O)NCCNC(=O)CN1C(=O)C=CC1=O. The number of nitrogens with zero attached hydrogens (tertiary/aromatic N) is 5. The van der Waals surface area contributed by atoms with Gasteiger partial charge in [-0.15, -0.1) is 0 Å². The van der Waals surface area contributed by atoms with Crippen molar-refractivity contribution >= 4 is 59.1 Å². The minimum Gasteiger partial charge on any atom is -0.387 e. The summed E-state index contributed by atoms with van der Waals surface area (Å²) in [5, 5.41) is 22.9. The monoisotopic (exact) mass is 1080 g/mol. The van der Waals surface area contributed by atoms with E-state index in [1.807, 2.05) is 30.3 Å². The Bertz CT molecular complexity index is 2880. The summed E-state index contributed by atoms with van der Waals surface area (Å²) in [7, 11) is 1.41. The fraction of sp³-hybridized carbons (Fsp3) is 0.389. The molecule has 0 radical (unpaired) electrons. The summed E-state index contributed by atoms with van der Waals surface area (Å²) in [6, 6.07) is 10.3. The minimum atomic E-state index is -1.75. The van der Waals surface area contributed by atoms with Crippen molar-refractivity contribution in [2.75, 3.05) is 39.8 Å². The van der Waals surface area contributed by atoms with Crippen molar-refractivity contribution in [2.24, 2.45) is 11.1 Å². The molecule has 1 aliphatic rings. The Morgan fingerprint density at radius 3 is 2.04 bits per heavy atom. The molecule has 5 rings (SSSR count). The number of aromatic nitrogens is 2. The van der Waals surface area contributed by atoms with E-state index in [-0.39, 0.29) is 43.7 Å². The lowest BCUT2D eigenvalue weighted by atomic mass is 9.82. The Morgan fingerprint density at radius 2 is 1.41 bits per heavy atom. The lowest BCUT2D eigenvalue weighted by molar-refractivity contribution is -0.141. The van der Waals surface area contributed by atoms with E-state index in [2.05, 4.69) is 31.6 Å². The summed E-state index contributed by atoms with van der Waals surface area (Å²) in [4.78, 5) is 138. The zero-order valence-corrected chi connectivity index (χ0v) is 44.1. The topological polar surface area (TPSA) is 305 Å². The molecule has 3 heterocycles. The first-order chi connectivity index (χ1) is 36.9. The normalized spacial score (nSPS) is 14.1. The van der Waals surface area contributed by atoms with Gasteiger partial charge in [0, 0.05) is 80.8 Å². The van der Waals surface area contributed by atoms with Gasteiger partial charge in [0.2, 0.25) is 47.3 Å². The zero-order chi connectivity index (χ0) is 57.4. The number of primary amides is 1. The molecule has 0 unspecified atom stereocenters. The molecular weight excluding hydrogens is 1020 g/mol. The van der Waals surface area contributed by atoms with Crippen LogP contribution in [0, 0.1) is 17.0 Å². The van der Waals surface area contributed by atoms with Crippen molar-refractivity contribution in [3.63, 3.8) is 0 Å². The van der Waals surface area contributed by atoms with Crippen LogP contribution in [-0.4, -0.2) is 152 Å². The maximum absolute atomic E-state index is 15.4. The number of nitrogens with two attached hydrogens (primary N) is 1. The summed E-state index contributed by atoms with van der Waals surface area (Å²) >= 11 is 0. The Labute approximate surface area is 449 Å². The second-order valence-electron chi connectivity index (χ2n) is 19.7. The van der Waals surface area contributed by atoms with Gasteiger partial charge in [-0.25, -0.2) is 8.78 Å². The molecule has 1 aliphatic heterocycles. The summed E-state index contributed by atoms with van der Waals surface area (Å²) < 4.78 is 31.8. The third-order valence-electron chi connectivity index (χ3n) is 12.7. The van der Waals surface area contributed by atoms with Crippen LogP contribution in [0.5, 0.6) is 0 Å². The maximum atomic E-state index is 15.4. The second kappa shape index (κ2) is 27.4. The average Bonchev–Trinajstić information content (AvgIpc) is 3.95. The van der Waals surface area contributed by atoms with E-state index in [0.29, 0.717) is 16.2 Å². The Hall–Kier alpha value is -8.67. The van der Waals surface area contributed by atoms with Gasteiger partial charge in [-0.2, -0.15) is 0 Å². The summed E-state index contributed by atoms with van der Waals surface area (Å²) in [5.74, 6) is -9.53. The van der Waals surface area contributed by atoms with Crippen molar-refractivity contribution in [1.29, 1.82) is 0 Å². The number of carbonyl (C=O) groups excluding carboxylic acids is 10. The van der Waals surface area contributed by atoms with Crippen LogP contribution < -0.4 is 32.3 Å². The van der Waals surface area contributed by atoms with E-state index in [1.165, 1.54) is 43.1 Å². The van der Waals surface area contributed by atoms with Crippen LogP contribution in [0.3, 0.4) is 0 Å². The lowest BCUT2D eigenvalue weighted by Crippen LogP contribution is -2.58. The molecule has 0 saturated carbocycles. The van der Waals surface area contributed by atoms with Gasteiger partial charge in [0.25, 0.3) is 11.8 Å². The highest BCUT2D eigenvalue weighted by molar-refractivity contribution is 6.14. The van der Waals surface area contributed by atoms with E-state index in [9.17, 15) is 57.4 Å². The quantitative estimate of drug-likeness (QED) is 0.0339. The average molecular weight is 1080 g/mol. The predicted octanol–water partition coefficient (Wildman–Crippen LogP) is 0.772. The Morgan fingerprint density at radius 1 is 0.769 bits per heavy atom. The lowest BCUT2D eigenvalue weighted by Gasteiger charge is -2.41. The summed E-state index contributed by atoms with van der Waals surface area (Å²) in [6.07, 6.45) is 5.41. The molecule has 2 aromatic carbocycles. The largest absolute Gasteiger partial charge is 0.387 e. The van der Waals surface area contributed by atoms with Gasteiger partial charge >= 0.3 is 0 Å². The molecule has 4 aromatic rings. The molecule has 416 valence electrons. The molecule has 24 heteroatoms. The fourth-order valence-corrected chi connectivity index (χ4v) is 8.51. The molecule has 0 aliphatic carbocycles. The van der Waals surface area contributed by atoms with Crippen molar-refractivity contribution in [3.8, 4) is 11.1 Å². The van der Waals surface area contributed by atoms with Gasteiger partial charge < -0.3 is 51.8 Å². The molecule has 78 heavy (non-hydrogen) atoms. The summed E-state index contributed by atoms with van der Waals surface area (Å²) in [5.41, 5.74) is 6.70. The fourth-order valence-electron chi connectivity index (χ4n) is 8.51. The molecule has 5 atom stereocenters. The van der Waals surface area contributed by atoms with Gasteiger partial charge in [-0.05, 0) is 73.2 Å². The highest BCUT2D eigenvalue weighted by atomic mass is 19.1. The van der Waals surface area contributed by atoms with E-state index in [1.54, 1.807) is 49.7 Å². The minimum absolute atomic E-state index is 0.0352. The van der Waals surface area contributed by atoms with Crippen LogP contribution in [0.4, 0.5) is 8.78 Å². The van der Waals surface area contributed by atoms with Crippen LogP contribution in [0.15, 0.2) is 97.5 Å². The Kier molecular flexibility index (Phi) is 21.1. The number of hydrogen-bond acceptors (Lipinski definition) is 12. The van der Waals surface area contributed by atoms with Crippen LogP contribution >= 0.6 is 0 Å². The Balaban J connectivity index is 1.41. The van der Waals surface area contributed by atoms with Gasteiger partial charge in [-0.1, -0.05) is 51.1 Å². The third kappa shape index (κ3) is 16.7. The number of rotatable bonds is 26. The number of benzene rings is 2. The number of aliphatic hydroxyl groups excluding tert-OH is 1. The van der Waals surface area contributed by atoms with Crippen LogP contribution in [0.1, 0.15) is 70.3 Å². The van der Waals surface area contributed by atoms with E-state index >= 15 is 4.39 Å². The number of likely N-dealkylation sites (N-methyl/N-ethyl adjacent to an activating group) is 1. The molecule has 0 saturated heterocycles. The molecule has 0 spiro atoms. The first kappa shape index (κ1) is 60.2. The first-order valence-corrected chi connectivity index (χ1v) is 24.9. The van der Waals surface area contributed by atoms with E-state index in [0.717, 1.165) is 35.9 Å². The zero-order valence-electron chi connectivity index (χ0n) is 44.1. The van der Waals surface area contributed by atoms with Crippen molar-refractivity contribution in [1.82, 2.24) is 50.8 Å². The van der Waals surface area contributed by atoms with Gasteiger partial charge in [0.05, 0.1) is 18.9 Å². The molecule has 2 aromatic heterocycles. The van der Waals surface area contributed by atoms with E-state index in [4.69, 9.17) is 5.73 Å². The molecule has 0 fully saturated rings. The summed E-state index contributed by atoms with van der Waals surface area (Å²) in [6.45, 7) is 5.79. The molecule has 0 bridgehead atoms. The molecular formula is C54H65F2N11O11. The van der Waals surface area contributed by atoms with Crippen LogP contribution in [0.25, 0.3) is 11.1 Å². The van der Waals surface area contributed by atoms with E-state index < -0.39 is 132 Å². The predicted molar refractivity (Wildman–Crippen MR) is 278 cm³/mol. The number of aliphatic hydroxyl groups is 1. The van der Waals surface area contributed by atoms with Crippen molar-refractivity contribution in [2.45, 2.75) is 90.6 Å². The standard InChI is InChI=1S/C54H65F2N11O11/c1-32(61-51(76)33(2)64(6)47(73)24-34-16-19-58-20-17-34)50(75)63-41(27-43(57)69)53(78)62-40(52(77)60-22-21-59-44(70)30-67-45(71)14-15-46(67)72)18-23-66(48(74)31-68)49(54(3,4)5)42-25-36(38-26-37(55)12-13-39(38)56)29-65(42)28-35-10-8-7-9-11-35/h7-17,19-20,25-26,29,32-33,40-41,49,68H,18,21-24,27-28,30-31H2,1-6H3,(H2,57,69)(H,59,70)(H,60,77)(H,61,76)(H,62,78)(H,63,75)/t32-,33-,40-,41-,49-/m0/s1. The van der Waals surface area contributed by atoms with Gasteiger partial charge in [0.1, 0.15) is 49.0 Å². The highest BCUT2D eigenvalue weighted by Crippen LogP contribution is 2.41. The molecule has 10 amide bonds. The number of carbonyl (C=O) groups is 10. The smallest absolute Gasteiger partial charge is 0.254 e. The van der Waals surface area contributed by atoms with Crippen molar-refractivity contribution in [3.05, 3.63) is 126 Å². The van der Waals surface area contributed by atoms with Crippen LogP contribution in [-0.2, 0) is 60.9 Å². The van der Waals surface area contributed by atoms with Gasteiger partial charge in [0.15, 0.2) is 0 Å². The third-order valence-corrected chi connectivity index (χ3v) is 12.7. The number of halogens is 2. The van der Waals surface area contributed by atoms with Crippen molar-refractivity contribution < 1.29 is 61.8 Å². The number of pyridine rings is 1. The first-order valence-electron chi connectivity index (χ1n) is 24.9. The number of imide groups is 1. The maximum Gasteiger partial charge on any atom is 0.254 e. The van der Waals surface area contributed by atoms with Gasteiger partial charge in [-0.3, -0.25) is 57.8 Å². The molecule has 8 N–H and O–H groups in total. The highest BCUT2D eigenvalue weighted by Gasteiger charge is 2.39. The number of hydrogen-bond donors (Lipinski definition) is 7.